The molecule has 108 valence electrons. The summed E-state index contributed by atoms with van der Waals surface area (Å²) in [7, 11) is 0. The second kappa shape index (κ2) is 8.35. The molecule has 0 atom stereocenters. The van der Waals surface area contributed by atoms with Gasteiger partial charge in [0.25, 0.3) is 0 Å². The van der Waals surface area contributed by atoms with E-state index in [9.17, 15) is 0 Å². The van der Waals surface area contributed by atoms with E-state index in [1.807, 2.05) is 0 Å². The molecule has 0 saturated carbocycles. The molecule has 1 N–H and O–H groups in total. The zero-order chi connectivity index (χ0) is 14.3. The molecule has 0 amide bonds. The molecule has 0 aliphatic rings. The van der Waals surface area contributed by atoms with Crippen LogP contribution in [0.2, 0.25) is 0 Å². The quantitative estimate of drug-likeness (QED) is 0.784. The van der Waals surface area contributed by atoms with Crippen molar-refractivity contribution in [3.63, 3.8) is 0 Å². The van der Waals surface area contributed by atoms with Gasteiger partial charge in [-0.1, -0.05) is 26.7 Å². The molecular formula is C14H25BrN4. The fourth-order valence-electron chi connectivity index (χ4n) is 2.10. The normalized spacial score (nSPS) is 10.8. The first-order chi connectivity index (χ1) is 9.17. The van der Waals surface area contributed by atoms with E-state index >= 15 is 0 Å². The topological polar surface area (TPSA) is 41.1 Å². The monoisotopic (exact) mass is 328 g/mol. The van der Waals surface area contributed by atoms with Crippen molar-refractivity contribution in [2.24, 2.45) is 5.92 Å². The van der Waals surface area contributed by atoms with Crippen molar-refractivity contribution < 1.29 is 0 Å². The van der Waals surface area contributed by atoms with Gasteiger partial charge in [-0.25, -0.2) is 9.97 Å². The van der Waals surface area contributed by atoms with Gasteiger partial charge in [0.1, 0.15) is 22.4 Å². The predicted molar refractivity (Wildman–Crippen MR) is 85.9 cm³/mol. The van der Waals surface area contributed by atoms with Gasteiger partial charge in [0.05, 0.1) is 0 Å². The molecule has 0 saturated heterocycles. The van der Waals surface area contributed by atoms with Crippen molar-refractivity contribution in [2.45, 2.75) is 40.5 Å². The summed E-state index contributed by atoms with van der Waals surface area (Å²) in [6.07, 6.45) is 4.04. The summed E-state index contributed by atoms with van der Waals surface area (Å²) in [5, 5.41) is 3.25. The summed E-state index contributed by atoms with van der Waals surface area (Å²) < 4.78 is 0.963. The molecule has 0 bridgehead atoms. The van der Waals surface area contributed by atoms with Crippen molar-refractivity contribution in [1.82, 2.24) is 9.97 Å². The van der Waals surface area contributed by atoms with Gasteiger partial charge in [-0.3, -0.25) is 0 Å². The van der Waals surface area contributed by atoms with Crippen molar-refractivity contribution >= 4 is 27.6 Å². The Morgan fingerprint density at radius 2 is 1.89 bits per heavy atom. The maximum atomic E-state index is 4.44. The summed E-state index contributed by atoms with van der Waals surface area (Å²) in [5.41, 5.74) is 0. The Kier molecular flexibility index (Phi) is 7.13. The Morgan fingerprint density at radius 3 is 2.42 bits per heavy atom. The molecule has 1 heterocycles. The van der Waals surface area contributed by atoms with Crippen molar-refractivity contribution in [2.75, 3.05) is 29.9 Å². The Bertz CT molecular complexity index is 380. The van der Waals surface area contributed by atoms with Gasteiger partial charge in [-0.05, 0) is 35.7 Å². The van der Waals surface area contributed by atoms with Crippen LogP contribution in [0, 0.1) is 5.92 Å². The van der Waals surface area contributed by atoms with Gasteiger partial charge >= 0.3 is 0 Å². The lowest BCUT2D eigenvalue weighted by Gasteiger charge is -2.27. The minimum Gasteiger partial charge on any atom is -0.369 e. The molecule has 1 aromatic rings. The van der Waals surface area contributed by atoms with E-state index in [2.05, 4.69) is 63.8 Å². The minimum absolute atomic E-state index is 0.712. The zero-order valence-electron chi connectivity index (χ0n) is 12.4. The smallest absolute Gasteiger partial charge is 0.148 e. The summed E-state index contributed by atoms with van der Waals surface area (Å²) >= 11 is 3.63. The SMILES string of the molecule is CCNc1ncnc(N(CC)CC(CC)CC)c1Br. The second-order valence-corrected chi connectivity index (χ2v) is 5.40. The fourth-order valence-corrected chi connectivity index (χ4v) is 2.69. The Balaban J connectivity index is 2.94. The number of nitrogens with zero attached hydrogens (tertiary/aromatic N) is 3. The van der Waals surface area contributed by atoms with Gasteiger partial charge in [0.2, 0.25) is 0 Å². The molecule has 1 aromatic heterocycles. The van der Waals surface area contributed by atoms with Crippen LogP contribution in [0.1, 0.15) is 40.5 Å². The average molecular weight is 329 g/mol. The average Bonchev–Trinajstić information content (AvgIpc) is 2.43. The number of hydrogen-bond acceptors (Lipinski definition) is 4. The Labute approximate surface area is 125 Å². The van der Waals surface area contributed by atoms with Crippen molar-refractivity contribution in [1.29, 1.82) is 0 Å². The summed E-state index contributed by atoms with van der Waals surface area (Å²) in [6.45, 7) is 11.6. The molecule has 0 fully saturated rings. The first kappa shape index (κ1) is 16.2. The number of halogens is 1. The lowest BCUT2D eigenvalue weighted by atomic mass is 10.0. The molecule has 5 heteroatoms. The molecule has 0 spiro atoms. The van der Waals surface area contributed by atoms with Crippen LogP contribution in [0.15, 0.2) is 10.8 Å². The van der Waals surface area contributed by atoms with Gasteiger partial charge in [0.15, 0.2) is 0 Å². The van der Waals surface area contributed by atoms with E-state index in [1.165, 1.54) is 12.8 Å². The third-order valence-electron chi connectivity index (χ3n) is 3.43. The minimum atomic E-state index is 0.712. The third-order valence-corrected chi connectivity index (χ3v) is 4.16. The Morgan fingerprint density at radius 1 is 1.21 bits per heavy atom. The van der Waals surface area contributed by atoms with Gasteiger partial charge < -0.3 is 10.2 Å². The fraction of sp³-hybridized carbons (Fsp3) is 0.714. The maximum absolute atomic E-state index is 4.44. The van der Waals surface area contributed by atoms with Crippen LogP contribution in [0.4, 0.5) is 11.6 Å². The van der Waals surface area contributed by atoms with E-state index in [-0.39, 0.29) is 0 Å². The molecule has 0 radical (unpaired) electrons. The number of aromatic nitrogens is 2. The second-order valence-electron chi connectivity index (χ2n) is 4.61. The summed E-state index contributed by atoms with van der Waals surface area (Å²) in [6, 6.07) is 0. The Hall–Kier alpha value is -0.840. The highest BCUT2D eigenvalue weighted by atomic mass is 79.9. The van der Waals surface area contributed by atoms with Crippen LogP contribution in [0.25, 0.3) is 0 Å². The molecule has 4 nitrogen and oxygen atoms in total. The highest BCUT2D eigenvalue weighted by molar-refractivity contribution is 9.10. The number of rotatable bonds is 8. The maximum Gasteiger partial charge on any atom is 0.148 e. The first-order valence-corrected chi connectivity index (χ1v) is 7.96. The molecule has 1 rings (SSSR count). The molecule has 0 aromatic carbocycles. The van der Waals surface area contributed by atoms with Crippen LogP contribution in [-0.4, -0.2) is 29.6 Å². The van der Waals surface area contributed by atoms with E-state index in [1.54, 1.807) is 6.33 Å². The van der Waals surface area contributed by atoms with Crippen LogP contribution in [0.3, 0.4) is 0 Å². The van der Waals surface area contributed by atoms with Crippen LogP contribution >= 0.6 is 15.9 Å². The molecule has 0 aliphatic carbocycles. The highest BCUT2D eigenvalue weighted by Gasteiger charge is 2.16. The number of nitrogens with one attached hydrogen (secondary N) is 1. The predicted octanol–water partition coefficient (Wildman–Crippen LogP) is 3.93. The van der Waals surface area contributed by atoms with Crippen LogP contribution in [0.5, 0.6) is 0 Å². The first-order valence-electron chi connectivity index (χ1n) is 7.17. The van der Waals surface area contributed by atoms with E-state index in [0.717, 1.165) is 35.7 Å². The van der Waals surface area contributed by atoms with Crippen molar-refractivity contribution in [3.05, 3.63) is 10.8 Å². The highest BCUT2D eigenvalue weighted by Crippen LogP contribution is 2.30. The van der Waals surface area contributed by atoms with Gasteiger partial charge in [-0.15, -0.1) is 0 Å². The van der Waals surface area contributed by atoms with Crippen LogP contribution in [-0.2, 0) is 0 Å². The molecule has 19 heavy (non-hydrogen) atoms. The summed E-state index contributed by atoms with van der Waals surface area (Å²) in [4.78, 5) is 11.0. The van der Waals surface area contributed by atoms with E-state index in [4.69, 9.17) is 0 Å². The molecular weight excluding hydrogens is 304 g/mol. The zero-order valence-corrected chi connectivity index (χ0v) is 14.0. The lowest BCUT2D eigenvalue weighted by molar-refractivity contribution is 0.484. The summed E-state index contributed by atoms with van der Waals surface area (Å²) in [5.74, 6) is 2.57. The van der Waals surface area contributed by atoms with E-state index in [0.29, 0.717) is 5.92 Å². The third kappa shape index (κ3) is 4.34. The molecule has 0 unspecified atom stereocenters. The number of anilines is 2. The number of hydrogen-bond donors (Lipinski definition) is 1. The van der Waals surface area contributed by atoms with Gasteiger partial charge in [-0.2, -0.15) is 0 Å². The van der Waals surface area contributed by atoms with Gasteiger partial charge in [0, 0.05) is 19.6 Å². The largest absolute Gasteiger partial charge is 0.369 e. The standard InChI is InChI=1S/C14H25BrN4/c1-5-11(6-2)9-19(8-4)14-12(15)13(16-7-3)17-10-18-14/h10-11H,5-9H2,1-4H3,(H,16,17,18). The van der Waals surface area contributed by atoms with Crippen LogP contribution < -0.4 is 10.2 Å². The van der Waals surface area contributed by atoms with Crippen molar-refractivity contribution in [3.8, 4) is 0 Å². The van der Waals surface area contributed by atoms with E-state index < -0.39 is 0 Å². The lowest BCUT2D eigenvalue weighted by Crippen LogP contribution is -2.30. The molecule has 0 aliphatic heterocycles.